The number of hydrogen-bond donors (Lipinski definition) is 1. The maximum absolute atomic E-state index is 12.8. The molecule has 21 heavy (non-hydrogen) atoms. The van der Waals surface area contributed by atoms with Crippen LogP contribution >= 0.6 is 39.9 Å². The van der Waals surface area contributed by atoms with E-state index in [4.69, 9.17) is 11.6 Å². The second-order valence-corrected chi connectivity index (χ2v) is 6.39. The number of carbonyl (C=O) groups is 1. The molecule has 0 aromatic heterocycles. The molecule has 6 heteroatoms. The largest absolute Gasteiger partial charge is 0.336 e. The van der Waals surface area contributed by atoms with Crippen LogP contribution in [-0.4, -0.2) is 36.5 Å². The molecule has 0 spiro atoms. The standard InChI is InChI=1S/C15H20BrClN2O.ClH/c1-2-9-19(12-5-7-18-8-6-12)15(20)13-10-11(17)3-4-14(13)16;/h3-4,10,12,18H,2,5-9H2,1H3;1H. The fourth-order valence-corrected chi connectivity index (χ4v) is 3.21. The van der Waals surface area contributed by atoms with Gasteiger partial charge in [-0.1, -0.05) is 18.5 Å². The monoisotopic (exact) mass is 394 g/mol. The number of rotatable bonds is 4. The van der Waals surface area contributed by atoms with Crippen LogP contribution in [0.1, 0.15) is 36.5 Å². The summed E-state index contributed by atoms with van der Waals surface area (Å²) in [6, 6.07) is 5.70. The van der Waals surface area contributed by atoms with Gasteiger partial charge in [0.2, 0.25) is 0 Å². The molecule has 1 fully saturated rings. The van der Waals surface area contributed by atoms with Crippen molar-refractivity contribution in [2.45, 2.75) is 32.2 Å². The Bertz CT molecular complexity index is 479. The van der Waals surface area contributed by atoms with Crippen LogP contribution in [0.3, 0.4) is 0 Å². The lowest BCUT2D eigenvalue weighted by Gasteiger charge is -2.35. The fraction of sp³-hybridized carbons (Fsp3) is 0.533. The summed E-state index contributed by atoms with van der Waals surface area (Å²) in [6.45, 7) is 4.86. The summed E-state index contributed by atoms with van der Waals surface area (Å²) in [6.07, 6.45) is 3.00. The van der Waals surface area contributed by atoms with Crippen molar-refractivity contribution < 1.29 is 4.79 Å². The van der Waals surface area contributed by atoms with Crippen molar-refractivity contribution >= 4 is 45.8 Å². The van der Waals surface area contributed by atoms with Gasteiger partial charge >= 0.3 is 0 Å². The highest BCUT2D eigenvalue weighted by Gasteiger charge is 2.26. The van der Waals surface area contributed by atoms with Gasteiger partial charge in [0.25, 0.3) is 5.91 Å². The van der Waals surface area contributed by atoms with Crippen molar-refractivity contribution in [3.8, 4) is 0 Å². The molecule has 0 aliphatic carbocycles. The minimum Gasteiger partial charge on any atom is -0.336 e. The van der Waals surface area contributed by atoms with Gasteiger partial charge in [-0.25, -0.2) is 0 Å². The molecular formula is C15H21BrCl2N2O. The molecule has 0 atom stereocenters. The first-order valence-electron chi connectivity index (χ1n) is 7.10. The van der Waals surface area contributed by atoms with Crippen molar-refractivity contribution in [1.82, 2.24) is 10.2 Å². The summed E-state index contributed by atoms with van der Waals surface area (Å²) in [5.41, 5.74) is 0.657. The van der Waals surface area contributed by atoms with Gasteiger partial charge in [-0.3, -0.25) is 4.79 Å². The lowest BCUT2D eigenvalue weighted by molar-refractivity contribution is 0.0641. The molecule has 2 rings (SSSR count). The van der Waals surface area contributed by atoms with E-state index in [1.54, 1.807) is 12.1 Å². The highest BCUT2D eigenvalue weighted by Crippen LogP contribution is 2.25. The van der Waals surface area contributed by atoms with E-state index in [0.717, 1.165) is 43.4 Å². The van der Waals surface area contributed by atoms with E-state index in [1.807, 2.05) is 11.0 Å². The first-order chi connectivity index (χ1) is 9.63. The van der Waals surface area contributed by atoms with Crippen molar-refractivity contribution in [2.75, 3.05) is 19.6 Å². The maximum atomic E-state index is 12.8. The second-order valence-electron chi connectivity index (χ2n) is 5.10. The molecule has 1 heterocycles. The molecule has 1 N–H and O–H groups in total. The Labute approximate surface area is 146 Å². The van der Waals surface area contributed by atoms with Gasteiger partial charge in [0.1, 0.15) is 0 Å². The minimum atomic E-state index is 0. The Morgan fingerprint density at radius 2 is 2.10 bits per heavy atom. The number of amides is 1. The van der Waals surface area contributed by atoms with Crippen LogP contribution in [0.5, 0.6) is 0 Å². The zero-order valence-electron chi connectivity index (χ0n) is 12.1. The molecule has 0 radical (unpaired) electrons. The minimum absolute atomic E-state index is 0. The molecule has 3 nitrogen and oxygen atoms in total. The van der Waals surface area contributed by atoms with Gasteiger partial charge in [0.15, 0.2) is 0 Å². The predicted octanol–water partition coefficient (Wildman–Crippen LogP) is 4.13. The number of carbonyl (C=O) groups excluding carboxylic acids is 1. The van der Waals surface area contributed by atoms with Crippen LogP contribution in [0.15, 0.2) is 22.7 Å². The van der Waals surface area contributed by atoms with Crippen molar-refractivity contribution in [2.24, 2.45) is 0 Å². The molecule has 0 unspecified atom stereocenters. The Morgan fingerprint density at radius 3 is 2.71 bits per heavy atom. The molecule has 1 aromatic rings. The Kier molecular flexibility index (Phi) is 8.03. The van der Waals surface area contributed by atoms with Crippen LogP contribution in [0, 0.1) is 0 Å². The first-order valence-corrected chi connectivity index (χ1v) is 8.27. The Morgan fingerprint density at radius 1 is 1.43 bits per heavy atom. The van der Waals surface area contributed by atoms with E-state index in [2.05, 4.69) is 28.2 Å². The number of nitrogens with one attached hydrogen (secondary N) is 1. The first kappa shape index (κ1) is 18.8. The van der Waals surface area contributed by atoms with Gasteiger partial charge in [-0.2, -0.15) is 0 Å². The van der Waals surface area contributed by atoms with E-state index < -0.39 is 0 Å². The third-order valence-corrected chi connectivity index (χ3v) is 4.56. The summed E-state index contributed by atoms with van der Waals surface area (Å²) in [5, 5.41) is 3.94. The van der Waals surface area contributed by atoms with Crippen molar-refractivity contribution in [1.29, 1.82) is 0 Å². The van der Waals surface area contributed by atoms with Gasteiger partial charge in [0.05, 0.1) is 5.56 Å². The maximum Gasteiger partial charge on any atom is 0.255 e. The molecule has 1 saturated heterocycles. The number of nitrogens with zero attached hydrogens (tertiary/aromatic N) is 1. The van der Waals surface area contributed by atoms with Gasteiger partial charge < -0.3 is 10.2 Å². The molecule has 1 amide bonds. The number of halogens is 3. The van der Waals surface area contributed by atoms with Crippen LogP contribution < -0.4 is 5.32 Å². The second kappa shape index (κ2) is 8.99. The predicted molar refractivity (Wildman–Crippen MR) is 93.6 cm³/mol. The van der Waals surface area contributed by atoms with E-state index in [-0.39, 0.29) is 18.3 Å². The van der Waals surface area contributed by atoms with Gasteiger partial charge in [-0.05, 0) is 66.5 Å². The Balaban J connectivity index is 0.00000220. The van der Waals surface area contributed by atoms with Crippen LogP contribution in [0.2, 0.25) is 5.02 Å². The summed E-state index contributed by atoms with van der Waals surface area (Å²) in [7, 11) is 0. The van der Waals surface area contributed by atoms with E-state index in [0.29, 0.717) is 16.6 Å². The zero-order chi connectivity index (χ0) is 14.5. The summed E-state index contributed by atoms with van der Waals surface area (Å²) < 4.78 is 0.807. The molecule has 118 valence electrons. The lowest BCUT2D eigenvalue weighted by Crippen LogP contribution is -2.46. The quantitative estimate of drug-likeness (QED) is 0.831. The highest BCUT2D eigenvalue weighted by molar-refractivity contribution is 9.10. The van der Waals surface area contributed by atoms with Crippen molar-refractivity contribution in [3.63, 3.8) is 0 Å². The van der Waals surface area contributed by atoms with E-state index >= 15 is 0 Å². The fourth-order valence-electron chi connectivity index (χ4n) is 2.63. The summed E-state index contributed by atoms with van der Waals surface area (Å²) >= 11 is 9.48. The number of hydrogen-bond acceptors (Lipinski definition) is 2. The van der Waals surface area contributed by atoms with Crippen LogP contribution in [0.25, 0.3) is 0 Å². The number of benzene rings is 1. The molecule has 1 aromatic carbocycles. The smallest absolute Gasteiger partial charge is 0.255 e. The highest BCUT2D eigenvalue weighted by atomic mass is 79.9. The topological polar surface area (TPSA) is 32.3 Å². The average molecular weight is 396 g/mol. The number of piperidine rings is 1. The zero-order valence-corrected chi connectivity index (χ0v) is 15.2. The molecule has 1 aliphatic rings. The van der Waals surface area contributed by atoms with E-state index in [9.17, 15) is 4.79 Å². The molecule has 1 aliphatic heterocycles. The Hall–Kier alpha value is -0.290. The third kappa shape index (κ3) is 4.85. The van der Waals surface area contributed by atoms with E-state index in [1.165, 1.54) is 0 Å². The average Bonchev–Trinajstić information content (AvgIpc) is 2.47. The van der Waals surface area contributed by atoms with Crippen LogP contribution in [-0.2, 0) is 0 Å². The molecule has 0 bridgehead atoms. The molecule has 0 saturated carbocycles. The van der Waals surface area contributed by atoms with Crippen molar-refractivity contribution in [3.05, 3.63) is 33.3 Å². The summed E-state index contributed by atoms with van der Waals surface area (Å²) in [5.74, 6) is 0.0770. The van der Waals surface area contributed by atoms with Gasteiger partial charge in [0, 0.05) is 22.1 Å². The van der Waals surface area contributed by atoms with Crippen LogP contribution in [0.4, 0.5) is 0 Å². The molecular weight excluding hydrogens is 375 g/mol. The van der Waals surface area contributed by atoms with Gasteiger partial charge in [-0.15, -0.1) is 12.4 Å². The lowest BCUT2D eigenvalue weighted by atomic mass is 10.0. The SMILES string of the molecule is CCCN(C(=O)c1cc(Cl)ccc1Br)C1CCNCC1.Cl. The summed E-state index contributed by atoms with van der Waals surface area (Å²) in [4.78, 5) is 14.8. The normalized spacial score (nSPS) is 15.4. The third-order valence-electron chi connectivity index (χ3n) is 3.63.